The van der Waals surface area contributed by atoms with Gasteiger partial charge < -0.3 is 9.31 Å². The number of aromatic amines is 1. The first-order chi connectivity index (χ1) is 9.23. The SMILES string of the molecule is Cc1ccc2n[nH]c(Br)c2c1B1OC(C)(C)C(C)(C)O1. The van der Waals surface area contributed by atoms with Crippen molar-refractivity contribution >= 4 is 39.4 Å². The van der Waals surface area contributed by atoms with E-state index >= 15 is 0 Å². The van der Waals surface area contributed by atoms with Crippen molar-refractivity contribution in [3.05, 3.63) is 22.3 Å². The zero-order chi connectivity index (χ0) is 14.7. The van der Waals surface area contributed by atoms with E-state index in [1.807, 2.05) is 6.07 Å². The third-order valence-corrected chi connectivity index (χ3v) is 5.00. The summed E-state index contributed by atoms with van der Waals surface area (Å²) in [5, 5.41) is 8.28. The third-order valence-electron chi connectivity index (χ3n) is 4.42. The molecule has 0 amide bonds. The van der Waals surface area contributed by atoms with Crippen LogP contribution in [-0.4, -0.2) is 28.5 Å². The van der Waals surface area contributed by atoms with Crippen molar-refractivity contribution in [3.8, 4) is 0 Å². The molecule has 0 radical (unpaired) electrons. The summed E-state index contributed by atoms with van der Waals surface area (Å²) < 4.78 is 13.2. The van der Waals surface area contributed by atoms with Crippen molar-refractivity contribution in [3.63, 3.8) is 0 Å². The second kappa shape index (κ2) is 4.32. The summed E-state index contributed by atoms with van der Waals surface area (Å²) in [6.45, 7) is 10.3. The summed E-state index contributed by atoms with van der Waals surface area (Å²) in [7, 11) is -0.377. The van der Waals surface area contributed by atoms with Crippen LogP contribution in [-0.2, 0) is 9.31 Å². The van der Waals surface area contributed by atoms with Crippen LogP contribution < -0.4 is 5.46 Å². The Balaban J connectivity index is 2.17. The molecule has 1 saturated heterocycles. The summed E-state index contributed by atoms with van der Waals surface area (Å²) in [5.41, 5.74) is 2.40. The number of aryl methyl sites for hydroxylation is 1. The molecule has 1 N–H and O–H groups in total. The maximum atomic E-state index is 6.18. The molecule has 1 aromatic heterocycles. The molecule has 1 aliphatic heterocycles. The summed E-state index contributed by atoms with van der Waals surface area (Å²) in [4.78, 5) is 0. The second-order valence-corrected chi connectivity index (χ2v) is 7.11. The summed E-state index contributed by atoms with van der Waals surface area (Å²) in [5.74, 6) is 0. The first-order valence-corrected chi connectivity index (χ1v) is 7.51. The number of rotatable bonds is 1. The highest BCUT2D eigenvalue weighted by Crippen LogP contribution is 2.37. The van der Waals surface area contributed by atoms with E-state index < -0.39 is 0 Å². The Morgan fingerprint density at radius 3 is 2.35 bits per heavy atom. The molecular formula is C14H18BBrN2O2. The third kappa shape index (κ3) is 1.93. The number of hydrogen-bond donors (Lipinski definition) is 1. The molecule has 0 bridgehead atoms. The molecule has 0 saturated carbocycles. The van der Waals surface area contributed by atoms with Crippen molar-refractivity contribution in [2.75, 3.05) is 0 Å². The molecule has 2 aromatic rings. The van der Waals surface area contributed by atoms with Gasteiger partial charge in [0.15, 0.2) is 0 Å². The van der Waals surface area contributed by atoms with E-state index in [0.29, 0.717) is 0 Å². The zero-order valence-corrected chi connectivity index (χ0v) is 14.0. The van der Waals surface area contributed by atoms with E-state index in [1.54, 1.807) is 0 Å². The Kier molecular flexibility index (Phi) is 3.05. The molecule has 3 rings (SSSR count). The fourth-order valence-corrected chi connectivity index (χ4v) is 2.97. The number of hydrogen-bond acceptors (Lipinski definition) is 3. The number of nitrogens with zero attached hydrogens (tertiary/aromatic N) is 1. The van der Waals surface area contributed by atoms with Gasteiger partial charge in [0.1, 0.15) is 4.60 Å². The Hall–Kier alpha value is -0.845. The summed E-state index contributed by atoms with van der Waals surface area (Å²) in [6.07, 6.45) is 0. The minimum Gasteiger partial charge on any atom is -0.399 e. The average molecular weight is 337 g/mol. The van der Waals surface area contributed by atoms with Gasteiger partial charge in [-0.05, 0) is 62.1 Å². The molecule has 106 valence electrons. The van der Waals surface area contributed by atoms with Gasteiger partial charge in [0.05, 0.1) is 16.7 Å². The van der Waals surface area contributed by atoms with Crippen LogP contribution in [0.25, 0.3) is 10.9 Å². The molecule has 0 aliphatic carbocycles. The van der Waals surface area contributed by atoms with Crippen LogP contribution in [0, 0.1) is 6.92 Å². The lowest BCUT2D eigenvalue weighted by atomic mass is 9.74. The van der Waals surface area contributed by atoms with Gasteiger partial charge in [-0.15, -0.1) is 0 Å². The molecule has 2 heterocycles. The van der Waals surface area contributed by atoms with E-state index in [9.17, 15) is 0 Å². The monoisotopic (exact) mass is 336 g/mol. The van der Waals surface area contributed by atoms with E-state index in [0.717, 1.165) is 26.5 Å². The lowest BCUT2D eigenvalue weighted by Gasteiger charge is -2.32. The normalized spacial score (nSPS) is 20.8. The number of fused-ring (bicyclic) bond motifs is 1. The van der Waals surface area contributed by atoms with Gasteiger partial charge in [0.2, 0.25) is 0 Å². The van der Waals surface area contributed by atoms with Gasteiger partial charge in [0, 0.05) is 5.39 Å². The zero-order valence-electron chi connectivity index (χ0n) is 12.4. The Morgan fingerprint density at radius 2 is 1.75 bits per heavy atom. The lowest BCUT2D eigenvalue weighted by Crippen LogP contribution is -2.41. The van der Waals surface area contributed by atoms with Gasteiger partial charge in [-0.2, -0.15) is 5.10 Å². The van der Waals surface area contributed by atoms with Crippen molar-refractivity contribution in [2.45, 2.75) is 45.8 Å². The molecule has 0 atom stereocenters. The van der Waals surface area contributed by atoms with E-state index in [1.165, 1.54) is 0 Å². The Bertz CT molecular complexity index is 665. The topological polar surface area (TPSA) is 47.1 Å². The lowest BCUT2D eigenvalue weighted by molar-refractivity contribution is 0.00578. The Labute approximate surface area is 127 Å². The van der Waals surface area contributed by atoms with Crippen LogP contribution in [0.3, 0.4) is 0 Å². The predicted octanol–water partition coefficient (Wildman–Crippen LogP) is 2.93. The van der Waals surface area contributed by atoms with Crippen LogP contribution in [0.1, 0.15) is 33.3 Å². The van der Waals surface area contributed by atoms with Crippen molar-refractivity contribution < 1.29 is 9.31 Å². The Morgan fingerprint density at radius 1 is 1.15 bits per heavy atom. The number of aromatic nitrogens is 2. The minimum atomic E-state index is -0.377. The minimum absolute atomic E-state index is 0.345. The van der Waals surface area contributed by atoms with Crippen LogP contribution in [0.15, 0.2) is 16.7 Å². The van der Waals surface area contributed by atoms with Gasteiger partial charge in [-0.25, -0.2) is 0 Å². The maximum Gasteiger partial charge on any atom is 0.495 e. The van der Waals surface area contributed by atoms with Crippen LogP contribution in [0.4, 0.5) is 0 Å². The average Bonchev–Trinajstić information content (AvgIpc) is 2.78. The van der Waals surface area contributed by atoms with Crippen molar-refractivity contribution in [2.24, 2.45) is 0 Å². The second-order valence-electron chi connectivity index (χ2n) is 6.32. The van der Waals surface area contributed by atoms with Gasteiger partial charge in [-0.1, -0.05) is 11.6 Å². The fraction of sp³-hybridized carbons (Fsp3) is 0.500. The number of nitrogens with one attached hydrogen (secondary N) is 1. The first-order valence-electron chi connectivity index (χ1n) is 6.72. The van der Waals surface area contributed by atoms with Crippen molar-refractivity contribution in [1.29, 1.82) is 0 Å². The van der Waals surface area contributed by atoms with Crippen LogP contribution in [0.5, 0.6) is 0 Å². The van der Waals surface area contributed by atoms with Crippen LogP contribution in [0.2, 0.25) is 0 Å². The molecule has 0 unspecified atom stereocenters. The van der Waals surface area contributed by atoms with Gasteiger partial charge >= 0.3 is 7.12 Å². The summed E-state index contributed by atoms with van der Waals surface area (Å²) in [6, 6.07) is 4.05. The van der Waals surface area contributed by atoms with E-state index in [2.05, 4.69) is 66.8 Å². The highest BCUT2D eigenvalue weighted by atomic mass is 79.9. The summed E-state index contributed by atoms with van der Waals surface area (Å²) >= 11 is 3.53. The highest BCUT2D eigenvalue weighted by Gasteiger charge is 2.52. The van der Waals surface area contributed by atoms with E-state index in [-0.39, 0.29) is 18.3 Å². The molecule has 4 nitrogen and oxygen atoms in total. The smallest absolute Gasteiger partial charge is 0.399 e. The molecule has 1 fully saturated rings. The van der Waals surface area contributed by atoms with Gasteiger partial charge in [-0.3, -0.25) is 5.10 Å². The van der Waals surface area contributed by atoms with E-state index in [4.69, 9.17) is 9.31 Å². The van der Waals surface area contributed by atoms with Gasteiger partial charge in [0.25, 0.3) is 0 Å². The first kappa shape index (κ1) is 14.1. The van der Waals surface area contributed by atoms with Crippen LogP contribution >= 0.6 is 15.9 Å². The van der Waals surface area contributed by atoms with Crippen molar-refractivity contribution in [1.82, 2.24) is 10.2 Å². The number of benzene rings is 1. The highest BCUT2D eigenvalue weighted by molar-refractivity contribution is 9.10. The number of halogens is 1. The molecule has 1 aliphatic rings. The molecular weight excluding hydrogens is 319 g/mol. The molecule has 6 heteroatoms. The quantitative estimate of drug-likeness (QED) is 0.814. The maximum absolute atomic E-state index is 6.18. The fourth-order valence-electron chi connectivity index (χ4n) is 2.47. The largest absolute Gasteiger partial charge is 0.495 e. The molecule has 1 aromatic carbocycles. The standard InChI is InChI=1S/C14H18BBrN2O2/c1-8-6-7-9-10(12(16)18-17-9)11(8)15-19-13(2,3)14(4,5)20-15/h6-7H,1-5H3,(H,17,18). The number of H-pyrrole nitrogens is 1. The molecule has 0 spiro atoms. The molecule has 20 heavy (non-hydrogen) atoms. The predicted molar refractivity (Wildman–Crippen MR) is 84.2 cm³/mol.